The van der Waals surface area contributed by atoms with Gasteiger partial charge in [-0.2, -0.15) is 0 Å². The van der Waals surface area contributed by atoms with Crippen LogP contribution in [-0.4, -0.2) is 41.8 Å². The number of hydrogen-bond donors (Lipinski definition) is 0. The molecule has 1 aromatic rings. The Kier molecular flexibility index (Phi) is 4.05. The van der Waals surface area contributed by atoms with Gasteiger partial charge in [0.2, 0.25) is 0 Å². The number of hydrogen-bond acceptors (Lipinski definition) is 3. The van der Waals surface area contributed by atoms with Crippen molar-refractivity contribution in [2.24, 2.45) is 0 Å². The minimum absolute atomic E-state index is 0.169. The van der Waals surface area contributed by atoms with Crippen LogP contribution in [0.5, 0.6) is 0 Å². The Morgan fingerprint density at radius 1 is 1.00 bits per heavy atom. The van der Waals surface area contributed by atoms with Crippen LogP contribution in [0.2, 0.25) is 0 Å². The van der Waals surface area contributed by atoms with Gasteiger partial charge in [-0.3, -0.25) is 0 Å². The number of rotatable bonds is 1. The summed E-state index contributed by atoms with van der Waals surface area (Å²) in [5.74, 6) is 0. The second kappa shape index (κ2) is 5.68. The molecule has 2 unspecified atom stereocenters. The topological polar surface area (TPSA) is 32.8 Å². The molecule has 0 N–H and O–H groups in total. The van der Waals surface area contributed by atoms with E-state index in [4.69, 9.17) is 4.74 Å². The van der Waals surface area contributed by atoms with Crippen LogP contribution in [0.25, 0.3) is 0 Å². The van der Waals surface area contributed by atoms with Crippen molar-refractivity contribution >= 4 is 11.8 Å². The first-order valence-electron chi connectivity index (χ1n) is 8.91. The van der Waals surface area contributed by atoms with Crippen LogP contribution in [0, 0.1) is 0 Å². The smallest absolute Gasteiger partial charge is 0.410 e. The van der Waals surface area contributed by atoms with Crippen molar-refractivity contribution in [3.63, 3.8) is 0 Å². The fraction of sp³-hybridized carbons (Fsp3) is 0.650. The quantitative estimate of drug-likeness (QED) is 0.774. The van der Waals surface area contributed by atoms with E-state index < -0.39 is 5.60 Å². The molecule has 4 nitrogen and oxygen atoms in total. The van der Waals surface area contributed by atoms with E-state index in [9.17, 15) is 4.79 Å². The van der Waals surface area contributed by atoms with Crippen LogP contribution >= 0.6 is 0 Å². The summed E-state index contributed by atoms with van der Waals surface area (Å²) in [6.07, 6.45) is 0.873. The normalized spacial score (nSPS) is 23.8. The highest BCUT2D eigenvalue weighted by Crippen LogP contribution is 2.36. The van der Waals surface area contributed by atoms with E-state index in [1.165, 1.54) is 11.3 Å². The van der Waals surface area contributed by atoms with Gasteiger partial charge in [-0.05, 0) is 50.3 Å². The lowest BCUT2D eigenvalue weighted by molar-refractivity contribution is 0.0215. The molecule has 2 fully saturated rings. The van der Waals surface area contributed by atoms with Gasteiger partial charge in [0, 0.05) is 24.8 Å². The maximum atomic E-state index is 12.3. The molecule has 3 rings (SSSR count). The van der Waals surface area contributed by atoms with Crippen molar-refractivity contribution in [2.75, 3.05) is 18.0 Å². The summed E-state index contributed by atoms with van der Waals surface area (Å²) >= 11 is 0. The molecule has 132 valence electrons. The first kappa shape index (κ1) is 17.1. The zero-order chi connectivity index (χ0) is 17.7. The van der Waals surface area contributed by atoms with Crippen LogP contribution in [0.15, 0.2) is 24.3 Å². The van der Waals surface area contributed by atoms with E-state index in [1.54, 1.807) is 0 Å². The summed E-state index contributed by atoms with van der Waals surface area (Å²) in [6, 6.07) is 9.58. The van der Waals surface area contributed by atoms with Gasteiger partial charge >= 0.3 is 6.09 Å². The second-order valence-electron chi connectivity index (χ2n) is 9.13. The number of benzene rings is 1. The van der Waals surface area contributed by atoms with Crippen LogP contribution in [0.1, 0.15) is 53.5 Å². The lowest BCUT2D eigenvalue weighted by atomic mass is 9.87. The average Bonchev–Trinajstić information content (AvgIpc) is 3.04. The molecule has 2 aliphatic heterocycles. The molecule has 2 aliphatic rings. The van der Waals surface area contributed by atoms with Crippen molar-refractivity contribution in [1.29, 1.82) is 0 Å². The van der Waals surface area contributed by atoms with Crippen LogP contribution in [0.3, 0.4) is 0 Å². The third-order valence-electron chi connectivity index (χ3n) is 4.93. The number of amides is 1. The van der Waals surface area contributed by atoms with Gasteiger partial charge in [-0.15, -0.1) is 0 Å². The number of nitrogens with zero attached hydrogens (tertiary/aromatic N) is 2. The Labute approximate surface area is 145 Å². The minimum Gasteiger partial charge on any atom is -0.444 e. The molecular weight excluding hydrogens is 300 g/mol. The molecule has 0 aromatic heterocycles. The molecular formula is C20H30N2O2. The molecule has 2 atom stereocenters. The number of carbonyl (C=O) groups excluding carboxylic acids is 1. The highest BCUT2D eigenvalue weighted by molar-refractivity contribution is 5.70. The maximum absolute atomic E-state index is 12.3. The van der Waals surface area contributed by atoms with Gasteiger partial charge in [-0.1, -0.05) is 32.9 Å². The highest BCUT2D eigenvalue weighted by Gasteiger charge is 2.46. The van der Waals surface area contributed by atoms with E-state index in [1.807, 2.05) is 25.7 Å². The predicted molar refractivity (Wildman–Crippen MR) is 97.6 cm³/mol. The molecule has 24 heavy (non-hydrogen) atoms. The summed E-state index contributed by atoms with van der Waals surface area (Å²) in [5.41, 5.74) is 2.36. The fourth-order valence-corrected chi connectivity index (χ4v) is 3.68. The van der Waals surface area contributed by atoms with E-state index in [0.29, 0.717) is 6.04 Å². The standard InChI is InChI=1S/C20H30N2O2/c1-19(2,3)14-7-9-15(10-8-14)21-12-17-11-16(21)13-22(17)18(23)24-20(4,5)6/h7-10,16-17H,11-13H2,1-6H3. The summed E-state index contributed by atoms with van der Waals surface area (Å²) in [6.45, 7) is 14.1. The van der Waals surface area contributed by atoms with Crippen LogP contribution in [0.4, 0.5) is 10.5 Å². The summed E-state index contributed by atoms with van der Waals surface area (Å²) in [7, 11) is 0. The first-order chi connectivity index (χ1) is 11.0. The van der Waals surface area contributed by atoms with Crippen molar-refractivity contribution in [3.8, 4) is 0 Å². The molecule has 0 saturated carbocycles. The van der Waals surface area contributed by atoms with Gasteiger partial charge in [0.25, 0.3) is 0 Å². The Hall–Kier alpha value is -1.71. The number of anilines is 1. The van der Waals surface area contributed by atoms with E-state index in [-0.39, 0.29) is 17.6 Å². The monoisotopic (exact) mass is 330 g/mol. The van der Waals surface area contributed by atoms with Gasteiger partial charge in [0.1, 0.15) is 5.60 Å². The van der Waals surface area contributed by atoms with Gasteiger partial charge in [0.15, 0.2) is 0 Å². The van der Waals surface area contributed by atoms with Crippen molar-refractivity contribution < 1.29 is 9.53 Å². The lowest BCUT2D eigenvalue weighted by Gasteiger charge is -2.36. The number of piperazine rings is 1. The largest absolute Gasteiger partial charge is 0.444 e. The number of carbonyl (C=O) groups is 1. The van der Waals surface area contributed by atoms with Gasteiger partial charge < -0.3 is 14.5 Å². The first-order valence-corrected chi connectivity index (χ1v) is 8.91. The third kappa shape index (κ3) is 3.38. The SMILES string of the molecule is CC(C)(C)OC(=O)N1CC2CC1CN2c1ccc(C(C)(C)C)cc1. The summed E-state index contributed by atoms with van der Waals surface area (Å²) in [5, 5.41) is 0. The van der Waals surface area contributed by atoms with Crippen molar-refractivity contribution in [2.45, 2.75) is 71.1 Å². The number of likely N-dealkylation sites (tertiary alicyclic amines) is 1. The Bertz CT molecular complexity index is 610. The van der Waals surface area contributed by atoms with E-state index in [2.05, 4.69) is 49.9 Å². The second-order valence-corrected chi connectivity index (χ2v) is 9.13. The lowest BCUT2D eigenvalue weighted by Crippen LogP contribution is -2.50. The molecule has 1 amide bonds. The molecule has 2 heterocycles. The fourth-order valence-electron chi connectivity index (χ4n) is 3.68. The van der Waals surface area contributed by atoms with Crippen molar-refractivity contribution in [1.82, 2.24) is 4.90 Å². The van der Waals surface area contributed by atoms with E-state index in [0.717, 1.165) is 19.5 Å². The Morgan fingerprint density at radius 3 is 2.08 bits per heavy atom. The zero-order valence-electron chi connectivity index (χ0n) is 15.8. The molecule has 1 aromatic carbocycles. The molecule has 0 radical (unpaired) electrons. The Balaban J connectivity index is 1.66. The molecule has 0 aliphatic carbocycles. The van der Waals surface area contributed by atoms with E-state index >= 15 is 0 Å². The average molecular weight is 330 g/mol. The highest BCUT2D eigenvalue weighted by atomic mass is 16.6. The molecule has 0 spiro atoms. The van der Waals surface area contributed by atoms with Crippen LogP contribution < -0.4 is 4.90 Å². The Morgan fingerprint density at radius 2 is 1.62 bits per heavy atom. The minimum atomic E-state index is -0.429. The summed E-state index contributed by atoms with van der Waals surface area (Å²) in [4.78, 5) is 16.7. The predicted octanol–water partition coefficient (Wildman–Crippen LogP) is 4.18. The van der Waals surface area contributed by atoms with Gasteiger partial charge in [-0.25, -0.2) is 4.79 Å². The third-order valence-corrected chi connectivity index (χ3v) is 4.93. The van der Waals surface area contributed by atoms with Gasteiger partial charge in [0.05, 0.1) is 6.04 Å². The van der Waals surface area contributed by atoms with Crippen molar-refractivity contribution in [3.05, 3.63) is 29.8 Å². The number of fused-ring (bicyclic) bond motifs is 2. The molecule has 2 saturated heterocycles. The van der Waals surface area contributed by atoms with Crippen LogP contribution in [-0.2, 0) is 10.2 Å². The maximum Gasteiger partial charge on any atom is 0.410 e. The summed E-state index contributed by atoms with van der Waals surface area (Å²) < 4.78 is 5.54. The number of ether oxygens (including phenoxy) is 1. The molecule has 2 bridgehead atoms. The zero-order valence-corrected chi connectivity index (χ0v) is 15.8. The molecule has 4 heteroatoms.